The molecule has 0 heterocycles. The van der Waals surface area contributed by atoms with E-state index in [1.807, 2.05) is 0 Å². The first-order valence-electron chi connectivity index (χ1n) is 7.29. The Labute approximate surface area is 124 Å². The number of carbonyl (C=O) groups is 2. The number of aliphatic carboxylic acids is 1. The lowest BCUT2D eigenvalue weighted by molar-refractivity contribution is -0.153. The number of aliphatic hydroxyl groups excluding tert-OH is 1. The largest absolute Gasteiger partial charge is 0.481 e. The molecule has 0 aromatic heterocycles. The Morgan fingerprint density at radius 1 is 1.10 bits per heavy atom. The Kier molecular flexibility index (Phi) is 4.96. The van der Waals surface area contributed by atoms with Crippen molar-refractivity contribution in [2.45, 2.75) is 45.1 Å². The standard InChI is InChI=1S/C16H21NO4/c18-11-12-4-6-13(7-5-12)17-14(19)10-16(15(20)21)8-2-1-3-9-16/h4-7,18H,1-3,8-11H2,(H,17,19)(H,20,21). The van der Waals surface area contributed by atoms with E-state index in [1.54, 1.807) is 24.3 Å². The van der Waals surface area contributed by atoms with Crippen molar-refractivity contribution in [1.29, 1.82) is 0 Å². The van der Waals surface area contributed by atoms with Gasteiger partial charge in [-0.25, -0.2) is 0 Å². The fraction of sp³-hybridized carbons (Fsp3) is 0.500. The summed E-state index contributed by atoms with van der Waals surface area (Å²) in [5.41, 5.74) is 0.476. The highest BCUT2D eigenvalue weighted by Gasteiger charge is 2.41. The highest BCUT2D eigenvalue weighted by atomic mass is 16.4. The third kappa shape index (κ3) is 3.82. The first-order valence-corrected chi connectivity index (χ1v) is 7.29. The van der Waals surface area contributed by atoms with Gasteiger partial charge >= 0.3 is 5.97 Å². The van der Waals surface area contributed by atoms with Crippen molar-refractivity contribution in [3.05, 3.63) is 29.8 Å². The molecule has 1 saturated carbocycles. The smallest absolute Gasteiger partial charge is 0.310 e. The van der Waals surface area contributed by atoms with Crippen LogP contribution in [0.15, 0.2) is 24.3 Å². The van der Waals surface area contributed by atoms with E-state index in [9.17, 15) is 14.7 Å². The monoisotopic (exact) mass is 291 g/mol. The highest BCUT2D eigenvalue weighted by molar-refractivity contribution is 5.94. The van der Waals surface area contributed by atoms with Gasteiger partial charge < -0.3 is 15.5 Å². The summed E-state index contributed by atoms with van der Waals surface area (Å²) >= 11 is 0. The van der Waals surface area contributed by atoms with Gasteiger partial charge in [-0.05, 0) is 30.5 Å². The van der Waals surface area contributed by atoms with Crippen molar-refractivity contribution >= 4 is 17.6 Å². The minimum atomic E-state index is -0.909. The predicted molar refractivity (Wildman–Crippen MR) is 78.8 cm³/mol. The highest BCUT2D eigenvalue weighted by Crippen LogP contribution is 2.39. The molecule has 1 aromatic rings. The summed E-state index contributed by atoms with van der Waals surface area (Å²) in [5, 5.41) is 21.2. The van der Waals surface area contributed by atoms with Crippen LogP contribution in [-0.4, -0.2) is 22.1 Å². The van der Waals surface area contributed by atoms with E-state index >= 15 is 0 Å². The molecule has 1 fully saturated rings. The van der Waals surface area contributed by atoms with Crippen molar-refractivity contribution < 1.29 is 19.8 Å². The summed E-state index contributed by atoms with van der Waals surface area (Å²) in [6.07, 6.45) is 3.93. The third-order valence-electron chi connectivity index (χ3n) is 4.18. The van der Waals surface area contributed by atoms with Gasteiger partial charge in [0.15, 0.2) is 0 Å². The molecule has 0 spiro atoms. The summed E-state index contributed by atoms with van der Waals surface area (Å²) in [6.45, 7) is -0.0453. The molecule has 5 heteroatoms. The van der Waals surface area contributed by atoms with E-state index in [1.165, 1.54) is 0 Å². The number of hydrogen-bond donors (Lipinski definition) is 3. The Morgan fingerprint density at radius 3 is 2.24 bits per heavy atom. The molecule has 1 aliphatic carbocycles. The fourth-order valence-corrected chi connectivity index (χ4v) is 2.90. The maximum Gasteiger partial charge on any atom is 0.310 e. The van der Waals surface area contributed by atoms with Crippen molar-refractivity contribution in [2.24, 2.45) is 5.41 Å². The van der Waals surface area contributed by atoms with Crippen molar-refractivity contribution in [2.75, 3.05) is 5.32 Å². The average molecular weight is 291 g/mol. The molecular weight excluding hydrogens is 270 g/mol. The van der Waals surface area contributed by atoms with Gasteiger partial charge in [0.05, 0.1) is 12.0 Å². The van der Waals surface area contributed by atoms with Gasteiger partial charge in [-0.1, -0.05) is 31.4 Å². The molecule has 1 aliphatic rings. The number of carboxylic acids is 1. The predicted octanol–water partition coefficient (Wildman–Crippen LogP) is 2.54. The number of amides is 1. The number of anilines is 1. The minimum absolute atomic E-state index is 0.0179. The zero-order valence-corrected chi connectivity index (χ0v) is 12.0. The van der Waals surface area contributed by atoms with Crippen LogP contribution in [0.1, 0.15) is 44.1 Å². The van der Waals surface area contributed by atoms with Crippen LogP contribution in [0.2, 0.25) is 0 Å². The zero-order chi connectivity index (χ0) is 15.3. The molecule has 0 radical (unpaired) electrons. The maximum atomic E-state index is 12.1. The van der Waals surface area contributed by atoms with Crippen molar-refractivity contribution in [3.63, 3.8) is 0 Å². The van der Waals surface area contributed by atoms with E-state index in [4.69, 9.17) is 5.11 Å². The summed E-state index contributed by atoms with van der Waals surface area (Å²) in [4.78, 5) is 23.7. The van der Waals surface area contributed by atoms with Crippen LogP contribution >= 0.6 is 0 Å². The van der Waals surface area contributed by atoms with Crippen LogP contribution in [-0.2, 0) is 16.2 Å². The topological polar surface area (TPSA) is 86.6 Å². The van der Waals surface area contributed by atoms with Gasteiger partial charge in [-0.2, -0.15) is 0 Å². The number of hydrogen-bond acceptors (Lipinski definition) is 3. The summed E-state index contributed by atoms with van der Waals surface area (Å²) in [7, 11) is 0. The van der Waals surface area contributed by atoms with Crippen LogP contribution in [0.3, 0.4) is 0 Å². The number of aliphatic hydroxyl groups is 1. The van der Waals surface area contributed by atoms with Crippen molar-refractivity contribution in [3.8, 4) is 0 Å². The van der Waals surface area contributed by atoms with E-state index in [-0.39, 0.29) is 18.9 Å². The van der Waals surface area contributed by atoms with Gasteiger partial charge in [-0.15, -0.1) is 0 Å². The van der Waals surface area contributed by atoms with Gasteiger partial charge in [0.25, 0.3) is 0 Å². The van der Waals surface area contributed by atoms with E-state index in [2.05, 4.69) is 5.32 Å². The summed E-state index contributed by atoms with van der Waals surface area (Å²) in [6, 6.07) is 6.86. The number of carboxylic acid groups (broad SMARTS) is 1. The lowest BCUT2D eigenvalue weighted by Gasteiger charge is -2.32. The molecular formula is C16H21NO4. The van der Waals surface area contributed by atoms with Gasteiger partial charge in [0.1, 0.15) is 0 Å². The van der Waals surface area contributed by atoms with Crippen LogP contribution < -0.4 is 5.32 Å². The Balaban J connectivity index is 2.00. The van der Waals surface area contributed by atoms with Gasteiger partial charge in [-0.3, -0.25) is 9.59 Å². The lowest BCUT2D eigenvalue weighted by atomic mass is 9.71. The zero-order valence-electron chi connectivity index (χ0n) is 12.0. The minimum Gasteiger partial charge on any atom is -0.481 e. The lowest BCUT2D eigenvalue weighted by Crippen LogP contribution is -2.37. The SMILES string of the molecule is O=C(CC1(C(=O)O)CCCCC1)Nc1ccc(CO)cc1. The second-order valence-corrected chi connectivity index (χ2v) is 5.73. The summed E-state index contributed by atoms with van der Waals surface area (Å²) < 4.78 is 0. The molecule has 1 amide bonds. The average Bonchev–Trinajstić information content (AvgIpc) is 2.48. The molecule has 0 unspecified atom stereocenters. The maximum absolute atomic E-state index is 12.1. The van der Waals surface area contributed by atoms with Crippen LogP contribution in [0.25, 0.3) is 0 Å². The fourth-order valence-electron chi connectivity index (χ4n) is 2.90. The van der Waals surface area contributed by atoms with Gasteiger partial charge in [0, 0.05) is 12.1 Å². The molecule has 0 aliphatic heterocycles. The molecule has 21 heavy (non-hydrogen) atoms. The molecule has 2 rings (SSSR count). The van der Waals surface area contributed by atoms with E-state index in [0.29, 0.717) is 18.5 Å². The first-order chi connectivity index (χ1) is 10.1. The first kappa shape index (κ1) is 15.5. The van der Waals surface area contributed by atoms with Gasteiger partial charge in [0.2, 0.25) is 5.91 Å². The number of nitrogens with one attached hydrogen (secondary N) is 1. The van der Waals surface area contributed by atoms with E-state index in [0.717, 1.165) is 24.8 Å². The Morgan fingerprint density at radius 2 is 1.71 bits per heavy atom. The molecule has 0 atom stereocenters. The van der Waals surface area contributed by atoms with Crippen LogP contribution in [0, 0.1) is 5.41 Å². The number of benzene rings is 1. The van der Waals surface area contributed by atoms with Crippen molar-refractivity contribution in [1.82, 2.24) is 0 Å². The molecule has 0 bridgehead atoms. The summed E-state index contributed by atoms with van der Waals surface area (Å²) in [5.74, 6) is -1.14. The normalized spacial score (nSPS) is 17.2. The van der Waals surface area contributed by atoms with Crippen LogP contribution in [0.5, 0.6) is 0 Å². The molecule has 114 valence electrons. The molecule has 3 N–H and O–H groups in total. The number of carbonyl (C=O) groups excluding carboxylic acids is 1. The Bertz CT molecular complexity index is 504. The second-order valence-electron chi connectivity index (χ2n) is 5.73. The molecule has 5 nitrogen and oxygen atoms in total. The third-order valence-corrected chi connectivity index (χ3v) is 4.18. The Hall–Kier alpha value is -1.88. The second kappa shape index (κ2) is 6.72. The van der Waals surface area contributed by atoms with E-state index < -0.39 is 11.4 Å². The quantitative estimate of drug-likeness (QED) is 0.778. The van der Waals surface area contributed by atoms with Crippen LogP contribution in [0.4, 0.5) is 5.69 Å². The molecule has 1 aromatic carbocycles. The molecule has 0 saturated heterocycles. The number of rotatable bonds is 5.